The summed E-state index contributed by atoms with van der Waals surface area (Å²) in [7, 11) is 1.56. The van der Waals surface area contributed by atoms with Crippen LogP contribution < -0.4 is 5.32 Å². The summed E-state index contributed by atoms with van der Waals surface area (Å²) in [5.41, 5.74) is 1.70. The number of halogens is 2. The summed E-state index contributed by atoms with van der Waals surface area (Å²) in [5, 5.41) is 3.15. The van der Waals surface area contributed by atoms with Gasteiger partial charge in [0.25, 0.3) is 0 Å². The van der Waals surface area contributed by atoms with Crippen LogP contribution in [0.5, 0.6) is 0 Å². The second kappa shape index (κ2) is 9.02. The fourth-order valence-corrected chi connectivity index (χ4v) is 2.95. The number of nitrogens with one attached hydrogen (secondary N) is 1. The molecule has 2 amide bonds. The molecule has 1 atom stereocenters. The lowest BCUT2D eigenvalue weighted by atomic mass is 10.1. The third kappa shape index (κ3) is 5.31. The highest BCUT2D eigenvalue weighted by atomic mass is 79.9. The van der Waals surface area contributed by atoms with E-state index < -0.39 is 6.04 Å². The molecule has 2 aromatic rings. The van der Waals surface area contributed by atoms with Crippen LogP contribution >= 0.6 is 27.5 Å². The molecule has 2 aromatic carbocycles. The van der Waals surface area contributed by atoms with Crippen LogP contribution in [0.25, 0.3) is 0 Å². The van der Waals surface area contributed by atoms with E-state index in [0.29, 0.717) is 11.6 Å². The lowest BCUT2D eigenvalue weighted by molar-refractivity contribution is -0.139. The molecule has 0 aromatic heterocycles. The van der Waals surface area contributed by atoms with Crippen molar-refractivity contribution in [1.29, 1.82) is 0 Å². The van der Waals surface area contributed by atoms with Crippen LogP contribution in [0.4, 0.5) is 0 Å². The molecule has 0 heterocycles. The topological polar surface area (TPSA) is 49.4 Å². The molecule has 1 unspecified atom stereocenters. The molecule has 4 nitrogen and oxygen atoms in total. The van der Waals surface area contributed by atoms with E-state index in [0.717, 1.165) is 15.6 Å². The first-order chi connectivity index (χ1) is 11.9. The number of benzene rings is 2. The second-order valence-electron chi connectivity index (χ2n) is 5.71. The van der Waals surface area contributed by atoms with Gasteiger partial charge in [0, 0.05) is 23.1 Å². The Labute approximate surface area is 161 Å². The molecule has 0 spiro atoms. The van der Waals surface area contributed by atoms with Gasteiger partial charge >= 0.3 is 0 Å². The van der Waals surface area contributed by atoms with Crippen molar-refractivity contribution in [3.8, 4) is 0 Å². The predicted molar refractivity (Wildman–Crippen MR) is 103 cm³/mol. The van der Waals surface area contributed by atoms with Crippen molar-refractivity contribution in [1.82, 2.24) is 10.2 Å². The number of carbonyl (C=O) groups is 2. The molecule has 6 heteroatoms. The Bertz CT molecular complexity index is 749. The van der Waals surface area contributed by atoms with Crippen molar-refractivity contribution < 1.29 is 9.59 Å². The Morgan fingerprint density at radius 3 is 2.40 bits per heavy atom. The lowest BCUT2D eigenvalue weighted by Crippen LogP contribution is -2.47. The van der Waals surface area contributed by atoms with E-state index >= 15 is 0 Å². The predicted octanol–water partition coefficient (Wildman–Crippen LogP) is 3.81. The van der Waals surface area contributed by atoms with Crippen LogP contribution in [0, 0.1) is 0 Å². The standard InChI is InChI=1S/C19H20BrClN2O2/c1-13(19(25)22-2)23(12-14-7-9-16(20)10-8-14)18(24)11-15-5-3-4-6-17(15)21/h3-10,13H,11-12H2,1-2H3,(H,22,25). The zero-order valence-corrected chi connectivity index (χ0v) is 16.5. The largest absolute Gasteiger partial charge is 0.357 e. The zero-order valence-electron chi connectivity index (χ0n) is 14.1. The third-order valence-electron chi connectivity index (χ3n) is 3.98. The van der Waals surface area contributed by atoms with Gasteiger partial charge in [-0.1, -0.05) is 57.9 Å². The van der Waals surface area contributed by atoms with E-state index in [1.807, 2.05) is 42.5 Å². The van der Waals surface area contributed by atoms with Crippen LogP contribution in [-0.2, 0) is 22.6 Å². The van der Waals surface area contributed by atoms with Gasteiger partial charge in [-0.05, 0) is 36.2 Å². The smallest absolute Gasteiger partial charge is 0.242 e. The van der Waals surface area contributed by atoms with E-state index in [2.05, 4.69) is 21.2 Å². The Kier molecular flexibility index (Phi) is 7.02. The molecular weight excluding hydrogens is 404 g/mol. The number of likely N-dealkylation sites (N-methyl/N-ethyl adjacent to an activating group) is 1. The van der Waals surface area contributed by atoms with E-state index in [9.17, 15) is 9.59 Å². The van der Waals surface area contributed by atoms with E-state index in [1.54, 1.807) is 24.9 Å². The van der Waals surface area contributed by atoms with Crippen molar-refractivity contribution >= 4 is 39.3 Å². The van der Waals surface area contributed by atoms with Gasteiger partial charge in [0.1, 0.15) is 6.04 Å². The molecule has 0 aliphatic heterocycles. The molecule has 2 rings (SSSR count). The van der Waals surface area contributed by atoms with E-state index in [1.165, 1.54) is 0 Å². The van der Waals surface area contributed by atoms with Gasteiger partial charge in [-0.3, -0.25) is 9.59 Å². The van der Waals surface area contributed by atoms with Crippen molar-refractivity contribution in [2.24, 2.45) is 0 Å². The number of amides is 2. The van der Waals surface area contributed by atoms with Gasteiger partial charge in [-0.15, -0.1) is 0 Å². The summed E-state index contributed by atoms with van der Waals surface area (Å²) < 4.78 is 0.963. The van der Waals surface area contributed by atoms with Crippen molar-refractivity contribution in [3.63, 3.8) is 0 Å². The average Bonchev–Trinajstić information content (AvgIpc) is 2.61. The van der Waals surface area contributed by atoms with Crippen molar-refractivity contribution in [3.05, 3.63) is 69.2 Å². The van der Waals surface area contributed by atoms with Gasteiger partial charge in [-0.2, -0.15) is 0 Å². The monoisotopic (exact) mass is 422 g/mol. The number of hydrogen-bond donors (Lipinski definition) is 1. The fraction of sp³-hybridized carbons (Fsp3) is 0.263. The van der Waals surface area contributed by atoms with Crippen LogP contribution in [0.15, 0.2) is 53.0 Å². The minimum atomic E-state index is -0.580. The average molecular weight is 424 g/mol. The summed E-state index contributed by atoms with van der Waals surface area (Å²) in [5.74, 6) is -0.350. The highest BCUT2D eigenvalue weighted by Gasteiger charge is 2.25. The van der Waals surface area contributed by atoms with Crippen molar-refractivity contribution in [2.45, 2.75) is 25.9 Å². The van der Waals surface area contributed by atoms with Crippen LogP contribution in [0.3, 0.4) is 0 Å². The van der Waals surface area contributed by atoms with Gasteiger partial charge in [0.15, 0.2) is 0 Å². The molecule has 0 saturated carbocycles. The summed E-state index contributed by atoms with van der Waals surface area (Å²) in [4.78, 5) is 26.5. The molecule has 132 valence electrons. The van der Waals surface area contributed by atoms with Crippen molar-refractivity contribution in [2.75, 3.05) is 7.05 Å². The SMILES string of the molecule is CNC(=O)C(C)N(Cc1ccc(Br)cc1)C(=O)Cc1ccccc1Cl. The van der Waals surface area contributed by atoms with Crippen LogP contribution in [-0.4, -0.2) is 29.8 Å². The molecule has 0 radical (unpaired) electrons. The maximum atomic E-state index is 12.9. The molecule has 1 N–H and O–H groups in total. The summed E-state index contributed by atoms with van der Waals surface area (Å²) in [6, 6.07) is 14.3. The van der Waals surface area contributed by atoms with Crippen LogP contribution in [0.2, 0.25) is 5.02 Å². The molecule has 0 aliphatic rings. The fourth-order valence-electron chi connectivity index (χ4n) is 2.48. The maximum Gasteiger partial charge on any atom is 0.242 e. The minimum absolute atomic E-state index is 0.146. The Balaban J connectivity index is 2.23. The molecule has 0 bridgehead atoms. The van der Waals surface area contributed by atoms with Gasteiger partial charge in [0.05, 0.1) is 6.42 Å². The van der Waals surface area contributed by atoms with Gasteiger partial charge < -0.3 is 10.2 Å². The Morgan fingerprint density at radius 2 is 1.80 bits per heavy atom. The molecule has 0 fully saturated rings. The highest BCUT2D eigenvalue weighted by molar-refractivity contribution is 9.10. The zero-order chi connectivity index (χ0) is 18.4. The number of nitrogens with zero attached hydrogens (tertiary/aromatic N) is 1. The second-order valence-corrected chi connectivity index (χ2v) is 7.03. The first-order valence-electron chi connectivity index (χ1n) is 7.91. The quantitative estimate of drug-likeness (QED) is 0.768. The Morgan fingerprint density at radius 1 is 1.16 bits per heavy atom. The lowest BCUT2D eigenvalue weighted by Gasteiger charge is -2.28. The first kappa shape index (κ1) is 19.5. The Hall–Kier alpha value is -1.85. The molecular formula is C19H20BrClN2O2. The molecule has 25 heavy (non-hydrogen) atoms. The highest BCUT2D eigenvalue weighted by Crippen LogP contribution is 2.19. The van der Waals surface area contributed by atoms with Crippen LogP contribution in [0.1, 0.15) is 18.1 Å². The first-order valence-corrected chi connectivity index (χ1v) is 9.08. The number of carbonyl (C=O) groups excluding carboxylic acids is 2. The van der Waals surface area contributed by atoms with Gasteiger partial charge in [0.2, 0.25) is 11.8 Å². The molecule has 0 aliphatic carbocycles. The minimum Gasteiger partial charge on any atom is -0.357 e. The summed E-state index contributed by atoms with van der Waals surface area (Å²) in [6.07, 6.45) is 0.150. The van der Waals surface area contributed by atoms with E-state index in [-0.39, 0.29) is 18.2 Å². The molecule has 0 saturated heterocycles. The van der Waals surface area contributed by atoms with E-state index in [4.69, 9.17) is 11.6 Å². The normalized spacial score (nSPS) is 11.7. The summed E-state index contributed by atoms with van der Waals surface area (Å²) >= 11 is 9.56. The third-order valence-corrected chi connectivity index (χ3v) is 4.88. The number of rotatable bonds is 6. The maximum absolute atomic E-state index is 12.9. The van der Waals surface area contributed by atoms with Gasteiger partial charge in [-0.25, -0.2) is 0 Å². The summed E-state index contributed by atoms with van der Waals surface area (Å²) in [6.45, 7) is 2.08. The number of hydrogen-bond acceptors (Lipinski definition) is 2.